The van der Waals surface area contributed by atoms with E-state index >= 15 is 0 Å². The molecule has 3 saturated heterocycles. The van der Waals surface area contributed by atoms with E-state index in [0.717, 1.165) is 5.56 Å². The van der Waals surface area contributed by atoms with E-state index in [9.17, 15) is 29.2 Å². The number of nitrogens with one attached hydrogen (secondary N) is 3. The highest BCUT2D eigenvalue weighted by Crippen LogP contribution is 2.37. The lowest BCUT2D eigenvalue weighted by molar-refractivity contribution is -0.246. The van der Waals surface area contributed by atoms with Gasteiger partial charge in [0.25, 0.3) is 0 Å². The zero-order valence-electron chi connectivity index (χ0n) is 35.8. The van der Waals surface area contributed by atoms with E-state index in [1.807, 2.05) is 85.7 Å². The fourth-order valence-electron chi connectivity index (χ4n) is 9.04. The third-order valence-electron chi connectivity index (χ3n) is 11.5. The predicted molar refractivity (Wildman–Crippen MR) is 215 cm³/mol. The van der Waals surface area contributed by atoms with Crippen LogP contribution in [-0.4, -0.2) is 110 Å². The zero-order chi connectivity index (χ0) is 41.7. The van der Waals surface area contributed by atoms with Crippen LogP contribution in [0.3, 0.4) is 0 Å². The normalized spacial score (nSPS) is 27.0. The summed E-state index contributed by atoms with van der Waals surface area (Å²) in [6.07, 6.45) is 2.43. The molecule has 13 nitrogen and oxygen atoms in total. The van der Waals surface area contributed by atoms with Gasteiger partial charge in [-0.15, -0.1) is 0 Å². The van der Waals surface area contributed by atoms with E-state index in [1.165, 1.54) is 9.96 Å². The van der Waals surface area contributed by atoms with Gasteiger partial charge in [0.05, 0.1) is 0 Å². The fraction of sp³-hybridized carbons (Fsp3) is 0.744. The van der Waals surface area contributed by atoms with Crippen molar-refractivity contribution in [2.24, 2.45) is 17.8 Å². The van der Waals surface area contributed by atoms with Crippen molar-refractivity contribution in [2.45, 2.75) is 174 Å². The Labute approximate surface area is 335 Å². The number of piperidine rings is 1. The van der Waals surface area contributed by atoms with Crippen molar-refractivity contribution >= 4 is 29.7 Å². The molecule has 5 atom stereocenters. The number of ether oxygens (including phenoxy) is 1. The van der Waals surface area contributed by atoms with E-state index < -0.39 is 58.8 Å². The number of rotatable bonds is 8. The van der Waals surface area contributed by atoms with Gasteiger partial charge in [-0.05, 0) is 110 Å². The molecule has 4 N–H and O–H groups in total. The Kier molecular flexibility index (Phi) is 14.7. The van der Waals surface area contributed by atoms with Crippen LogP contribution in [0.1, 0.15) is 127 Å². The van der Waals surface area contributed by atoms with Gasteiger partial charge < -0.3 is 30.8 Å². The molecule has 13 heteroatoms. The highest BCUT2D eigenvalue weighted by Gasteiger charge is 2.46. The van der Waals surface area contributed by atoms with Crippen LogP contribution in [0.4, 0.5) is 4.79 Å². The molecule has 4 rings (SSSR count). The summed E-state index contributed by atoms with van der Waals surface area (Å²) in [5, 5.41) is 21.8. The molecule has 56 heavy (non-hydrogen) atoms. The monoisotopic (exact) mass is 783 g/mol. The van der Waals surface area contributed by atoms with Crippen molar-refractivity contribution in [3.8, 4) is 0 Å². The minimum Gasteiger partial charge on any atom is -0.444 e. The Hall–Kier alpha value is -3.71. The molecule has 3 aliphatic heterocycles. The molecule has 3 aliphatic rings. The number of hydrogen-bond acceptors (Lipinski definition) is 8. The van der Waals surface area contributed by atoms with Gasteiger partial charge in [-0.25, -0.2) is 4.79 Å². The van der Waals surface area contributed by atoms with Crippen molar-refractivity contribution < 1.29 is 33.9 Å². The third kappa shape index (κ3) is 11.7. The number of amides is 5. The number of hydroxylamine groups is 2. The Morgan fingerprint density at radius 1 is 0.929 bits per heavy atom. The average molecular weight is 783 g/mol. The minimum atomic E-state index is -0.971. The first-order valence-electron chi connectivity index (χ1n) is 20.7. The van der Waals surface area contributed by atoms with Crippen molar-refractivity contribution in [1.29, 1.82) is 0 Å². The molecule has 3 fully saturated rings. The van der Waals surface area contributed by atoms with E-state index in [1.54, 1.807) is 25.7 Å². The lowest BCUT2D eigenvalue weighted by atomic mass is 9.78. The Morgan fingerprint density at radius 2 is 1.55 bits per heavy atom. The summed E-state index contributed by atoms with van der Waals surface area (Å²) in [4.78, 5) is 74.6. The number of carbonyl (C=O) groups excluding carboxylic acids is 5. The molecule has 3 heterocycles. The minimum absolute atomic E-state index is 0.00363. The maximum absolute atomic E-state index is 14.6. The molecule has 0 radical (unpaired) electrons. The molecule has 0 spiro atoms. The number of benzene rings is 1. The summed E-state index contributed by atoms with van der Waals surface area (Å²) in [6.45, 7) is 21.5. The van der Waals surface area contributed by atoms with Crippen LogP contribution in [0.25, 0.3) is 0 Å². The second kappa shape index (κ2) is 18.3. The second-order valence-electron chi connectivity index (χ2n) is 19.4. The average Bonchev–Trinajstić information content (AvgIpc) is 3.57. The molecule has 0 saturated carbocycles. The maximum Gasteiger partial charge on any atom is 0.410 e. The van der Waals surface area contributed by atoms with Crippen LogP contribution in [-0.2, 0) is 30.3 Å². The van der Waals surface area contributed by atoms with Crippen molar-refractivity contribution in [1.82, 2.24) is 30.8 Å². The number of hydrogen-bond donors (Lipinski definition) is 4. The molecule has 0 bridgehead atoms. The number of carbonyl (C=O) groups is 5. The third-order valence-corrected chi connectivity index (χ3v) is 11.5. The van der Waals surface area contributed by atoms with Gasteiger partial charge in [0.1, 0.15) is 23.7 Å². The van der Waals surface area contributed by atoms with E-state index in [2.05, 4.69) is 16.0 Å². The van der Waals surface area contributed by atoms with Gasteiger partial charge in [-0.3, -0.25) is 24.1 Å². The van der Waals surface area contributed by atoms with Gasteiger partial charge >= 0.3 is 6.09 Å². The zero-order valence-corrected chi connectivity index (χ0v) is 35.8. The Balaban J connectivity index is 1.76. The van der Waals surface area contributed by atoms with Crippen molar-refractivity contribution in [2.75, 3.05) is 13.1 Å². The van der Waals surface area contributed by atoms with E-state index in [4.69, 9.17) is 4.74 Å². The van der Waals surface area contributed by atoms with Crippen molar-refractivity contribution in [3.05, 3.63) is 35.9 Å². The fourth-order valence-corrected chi connectivity index (χ4v) is 9.04. The molecule has 5 amide bonds. The number of nitrogens with zero attached hydrogens (tertiary/aromatic N) is 3. The molecular formula is C43H70N6O7. The van der Waals surface area contributed by atoms with Crippen LogP contribution in [0.15, 0.2) is 30.3 Å². The van der Waals surface area contributed by atoms with Gasteiger partial charge in [-0.2, -0.15) is 5.06 Å². The molecule has 0 aliphatic carbocycles. The summed E-state index contributed by atoms with van der Waals surface area (Å²) in [5.41, 5.74) is -1.14. The first kappa shape index (κ1) is 45.0. The van der Waals surface area contributed by atoms with Gasteiger partial charge in [0.15, 0.2) is 0 Å². The van der Waals surface area contributed by atoms with E-state index in [0.29, 0.717) is 45.1 Å². The smallest absolute Gasteiger partial charge is 0.410 e. The molecule has 314 valence electrons. The summed E-state index contributed by atoms with van der Waals surface area (Å²) in [6, 6.07) is 6.10. The van der Waals surface area contributed by atoms with Crippen LogP contribution in [0.2, 0.25) is 0 Å². The lowest BCUT2D eigenvalue weighted by Gasteiger charge is -2.51. The topological polar surface area (TPSA) is 161 Å². The van der Waals surface area contributed by atoms with Gasteiger partial charge in [-0.1, -0.05) is 58.0 Å². The van der Waals surface area contributed by atoms with E-state index in [-0.39, 0.29) is 55.0 Å². The molecular weight excluding hydrogens is 713 g/mol. The molecule has 1 aromatic rings. The SMILES string of the molecule is CC(C)CC1C(=O)NC(Cc2ccccc2)C(=O)N2CCCC2C(=O)NC(C(C)C)C(CC(=O)NC2CC(C)(C)N(O)C(C)(C)C2)CCN1C(=O)OC(C)(C)C. The highest BCUT2D eigenvalue weighted by atomic mass is 16.6. The van der Waals surface area contributed by atoms with Crippen LogP contribution in [0, 0.1) is 17.8 Å². The summed E-state index contributed by atoms with van der Waals surface area (Å²) < 4.78 is 5.92. The summed E-state index contributed by atoms with van der Waals surface area (Å²) >= 11 is 0. The predicted octanol–water partition coefficient (Wildman–Crippen LogP) is 5.43. The largest absolute Gasteiger partial charge is 0.444 e. The van der Waals surface area contributed by atoms with Crippen LogP contribution in [0.5, 0.6) is 0 Å². The van der Waals surface area contributed by atoms with Crippen LogP contribution >= 0.6 is 0 Å². The standard InChI is InChI=1S/C43H70N6O7/c1-27(2)22-34-38(52)45-32(23-29-16-13-12-14-17-29)39(53)47-20-15-18-33(47)37(51)46-36(28(3)4)30(19-21-48(34)40(54)56-41(5,6)7)24-35(50)44-31-25-42(8,9)49(55)43(10,11)26-31/h12-14,16-17,27-28,30-34,36,55H,15,18-26H2,1-11H3,(H,44,50)(H,45,52)(H,46,51). The van der Waals surface area contributed by atoms with Gasteiger partial charge in [0, 0.05) is 49.1 Å². The molecule has 5 unspecified atom stereocenters. The summed E-state index contributed by atoms with van der Waals surface area (Å²) in [7, 11) is 0. The molecule has 0 aromatic heterocycles. The lowest BCUT2D eigenvalue weighted by Crippen LogP contribution is -2.63. The van der Waals surface area contributed by atoms with Crippen LogP contribution < -0.4 is 16.0 Å². The second-order valence-corrected chi connectivity index (χ2v) is 19.4. The quantitative estimate of drug-likeness (QED) is 0.272. The Bertz CT molecular complexity index is 1520. The highest BCUT2D eigenvalue weighted by molar-refractivity contribution is 5.94. The summed E-state index contributed by atoms with van der Waals surface area (Å²) in [5.74, 6) is -1.84. The maximum atomic E-state index is 14.6. The molecule has 1 aromatic carbocycles. The van der Waals surface area contributed by atoms with Gasteiger partial charge in [0.2, 0.25) is 23.6 Å². The van der Waals surface area contributed by atoms with Crippen molar-refractivity contribution in [3.63, 3.8) is 0 Å². The first-order valence-corrected chi connectivity index (χ1v) is 20.7. The number of fused-ring (bicyclic) bond motifs is 1. The first-order chi connectivity index (χ1) is 26.0. The Morgan fingerprint density at radius 3 is 2.12 bits per heavy atom.